The van der Waals surface area contributed by atoms with Crippen LogP contribution in [-0.2, 0) is 16.1 Å². The number of hydrogen-bond donors (Lipinski definition) is 2. The van der Waals surface area contributed by atoms with E-state index in [2.05, 4.69) is 15.2 Å². The number of nitrogens with one attached hydrogen (secondary N) is 1. The molecule has 1 amide bonds. The number of hydrogen-bond acceptors (Lipinski definition) is 5. The molecule has 1 aliphatic heterocycles. The average Bonchev–Trinajstić information content (AvgIpc) is 2.53. The minimum atomic E-state index is -0.189. The number of pyridine rings is 1. The standard InChI is InChI=1S/C15H24N4O2.2ClH/c1-11(12(2)16)15(20)18-10-13-3-4-14(17-9-13)19-5-7-21-8-6-19;;/h3-4,9,11-12H,5-8,10,16H2,1-2H3,(H,18,20);2*1H. The Bertz CT molecular complexity index is 465. The first-order valence-corrected chi connectivity index (χ1v) is 7.39. The van der Waals surface area contributed by atoms with Gasteiger partial charge in [0.2, 0.25) is 5.91 Å². The number of ether oxygens (including phenoxy) is 1. The van der Waals surface area contributed by atoms with Crippen molar-refractivity contribution in [3.63, 3.8) is 0 Å². The Hall–Kier alpha value is -1.08. The highest BCUT2D eigenvalue weighted by molar-refractivity contribution is 5.85. The van der Waals surface area contributed by atoms with Crippen molar-refractivity contribution >= 4 is 36.5 Å². The SMILES string of the molecule is CC(N)C(C)C(=O)NCc1ccc(N2CCOCC2)nc1.Cl.Cl. The number of morpholine rings is 1. The van der Waals surface area contributed by atoms with E-state index in [1.165, 1.54) is 0 Å². The summed E-state index contributed by atoms with van der Waals surface area (Å²) in [6.07, 6.45) is 1.81. The molecule has 1 aromatic rings. The summed E-state index contributed by atoms with van der Waals surface area (Å²) in [5.74, 6) is 0.741. The normalized spacial score (nSPS) is 16.6. The molecule has 2 rings (SSSR count). The summed E-state index contributed by atoms with van der Waals surface area (Å²) in [7, 11) is 0. The summed E-state index contributed by atoms with van der Waals surface area (Å²) >= 11 is 0. The van der Waals surface area contributed by atoms with Crippen LogP contribution in [0.5, 0.6) is 0 Å². The van der Waals surface area contributed by atoms with Crippen LogP contribution in [0, 0.1) is 5.92 Å². The molecule has 3 N–H and O–H groups in total. The van der Waals surface area contributed by atoms with Crippen molar-refractivity contribution in [2.75, 3.05) is 31.2 Å². The molecule has 0 saturated carbocycles. The fourth-order valence-electron chi connectivity index (χ4n) is 2.09. The molecular formula is C15H26Cl2N4O2. The van der Waals surface area contributed by atoms with Gasteiger partial charge in [-0.25, -0.2) is 4.98 Å². The van der Waals surface area contributed by atoms with Gasteiger partial charge >= 0.3 is 0 Å². The molecule has 6 nitrogen and oxygen atoms in total. The van der Waals surface area contributed by atoms with Gasteiger partial charge in [0.1, 0.15) is 5.82 Å². The van der Waals surface area contributed by atoms with E-state index >= 15 is 0 Å². The van der Waals surface area contributed by atoms with Crippen LogP contribution >= 0.6 is 24.8 Å². The molecule has 0 spiro atoms. The highest BCUT2D eigenvalue weighted by Gasteiger charge is 2.16. The number of nitrogens with two attached hydrogens (primary N) is 1. The Morgan fingerprint density at radius 1 is 1.35 bits per heavy atom. The lowest BCUT2D eigenvalue weighted by Gasteiger charge is -2.27. The van der Waals surface area contributed by atoms with Crippen LogP contribution in [0.25, 0.3) is 0 Å². The van der Waals surface area contributed by atoms with Crippen molar-refractivity contribution in [2.24, 2.45) is 11.7 Å². The molecular weight excluding hydrogens is 339 g/mol. The smallest absolute Gasteiger partial charge is 0.224 e. The molecule has 0 aromatic carbocycles. The predicted octanol–water partition coefficient (Wildman–Crippen LogP) is 1.36. The molecule has 1 fully saturated rings. The summed E-state index contributed by atoms with van der Waals surface area (Å²) in [6.45, 7) is 7.38. The monoisotopic (exact) mass is 364 g/mol. The van der Waals surface area contributed by atoms with Crippen molar-refractivity contribution in [3.05, 3.63) is 23.9 Å². The molecule has 0 aliphatic carbocycles. The summed E-state index contributed by atoms with van der Waals surface area (Å²) in [5, 5.41) is 2.89. The van der Waals surface area contributed by atoms with Crippen LogP contribution in [0.2, 0.25) is 0 Å². The number of halogens is 2. The van der Waals surface area contributed by atoms with Crippen LogP contribution in [0.15, 0.2) is 18.3 Å². The molecule has 1 saturated heterocycles. The third kappa shape index (κ3) is 6.51. The Morgan fingerprint density at radius 3 is 2.52 bits per heavy atom. The van der Waals surface area contributed by atoms with Crippen molar-refractivity contribution in [1.82, 2.24) is 10.3 Å². The molecule has 0 bridgehead atoms. The van der Waals surface area contributed by atoms with Gasteiger partial charge in [-0.3, -0.25) is 4.79 Å². The van der Waals surface area contributed by atoms with E-state index in [-0.39, 0.29) is 42.7 Å². The van der Waals surface area contributed by atoms with E-state index in [0.29, 0.717) is 6.54 Å². The number of amides is 1. The Balaban J connectivity index is 0.00000242. The molecule has 1 aromatic heterocycles. The number of aromatic nitrogens is 1. The molecule has 2 heterocycles. The molecule has 1 aliphatic rings. The zero-order valence-corrected chi connectivity index (χ0v) is 15.2. The van der Waals surface area contributed by atoms with Crippen LogP contribution in [0.4, 0.5) is 5.82 Å². The van der Waals surface area contributed by atoms with Crippen molar-refractivity contribution in [3.8, 4) is 0 Å². The number of carbonyl (C=O) groups is 1. The number of nitrogens with zero attached hydrogens (tertiary/aromatic N) is 2. The van der Waals surface area contributed by atoms with Crippen molar-refractivity contribution < 1.29 is 9.53 Å². The first-order chi connectivity index (χ1) is 10.1. The Kier molecular flexibility index (Phi) is 10.1. The third-order valence-corrected chi connectivity index (χ3v) is 3.81. The third-order valence-electron chi connectivity index (χ3n) is 3.81. The molecule has 8 heteroatoms. The van der Waals surface area contributed by atoms with Crippen molar-refractivity contribution in [1.29, 1.82) is 0 Å². The summed E-state index contributed by atoms with van der Waals surface area (Å²) < 4.78 is 5.32. The minimum absolute atomic E-state index is 0. The lowest BCUT2D eigenvalue weighted by Crippen LogP contribution is -2.38. The maximum atomic E-state index is 11.8. The van der Waals surface area contributed by atoms with Gasteiger partial charge in [-0.2, -0.15) is 0 Å². The largest absolute Gasteiger partial charge is 0.378 e. The van der Waals surface area contributed by atoms with Crippen LogP contribution in [-0.4, -0.2) is 43.2 Å². The summed E-state index contributed by atoms with van der Waals surface area (Å²) in [5.41, 5.74) is 6.70. The van der Waals surface area contributed by atoms with Gasteiger partial charge in [-0.05, 0) is 18.6 Å². The Morgan fingerprint density at radius 2 is 2.00 bits per heavy atom. The maximum absolute atomic E-state index is 11.8. The van der Waals surface area contributed by atoms with E-state index < -0.39 is 0 Å². The topological polar surface area (TPSA) is 80.5 Å². The lowest BCUT2D eigenvalue weighted by atomic mass is 10.0. The second-order valence-electron chi connectivity index (χ2n) is 5.49. The fourth-order valence-corrected chi connectivity index (χ4v) is 2.09. The number of anilines is 1. The minimum Gasteiger partial charge on any atom is -0.378 e. The van der Waals surface area contributed by atoms with Gasteiger partial charge in [-0.15, -0.1) is 24.8 Å². The molecule has 2 atom stereocenters. The molecule has 2 unspecified atom stereocenters. The zero-order valence-electron chi connectivity index (χ0n) is 13.5. The zero-order chi connectivity index (χ0) is 15.2. The van der Waals surface area contributed by atoms with Gasteiger partial charge < -0.3 is 20.7 Å². The molecule has 132 valence electrons. The molecule has 0 radical (unpaired) electrons. The quantitative estimate of drug-likeness (QED) is 0.824. The second-order valence-corrected chi connectivity index (χ2v) is 5.49. The van der Waals surface area contributed by atoms with E-state index in [4.69, 9.17) is 10.5 Å². The number of rotatable bonds is 5. The van der Waals surface area contributed by atoms with Gasteiger partial charge in [0.25, 0.3) is 0 Å². The van der Waals surface area contributed by atoms with E-state index in [1.54, 1.807) is 0 Å². The van der Waals surface area contributed by atoms with Crippen LogP contribution < -0.4 is 16.0 Å². The first kappa shape index (κ1) is 21.9. The fraction of sp³-hybridized carbons (Fsp3) is 0.600. The number of carbonyl (C=O) groups excluding carboxylic acids is 1. The van der Waals surface area contributed by atoms with E-state index in [0.717, 1.165) is 37.7 Å². The Labute approximate surface area is 150 Å². The molecule has 23 heavy (non-hydrogen) atoms. The van der Waals surface area contributed by atoms with Gasteiger partial charge in [0.05, 0.1) is 13.2 Å². The van der Waals surface area contributed by atoms with Gasteiger partial charge in [0, 0.05) is 37.8 Å². The average molecular weight is 365 g/mol. The van der Waals surface area contributed by atoms with Crippen LogP contribution in [0.3, 0.4) is 0 Å². The first-order valence-electron chi connectivity index (χ1n) is 7.39. The second kappa shape index (κ2) is 10.6. The van der Waals surface area contributed by atoms with Gasteiger partial charge in [0.15, 0.2) is 0 Å². The van der Waals surface area contributed by atoms with E-state index in [1.807, 2.05) is 32.2 Å². The highest BCUT2D eigenvalue weighted by atomic mass is 35.5. The summed E-state index contributed by atoms with van der Waals surface area (Å²) in [6, 6.07) is 3.84. The highest BCUT2D eigenvalue weighted by Crippen LogP contribution is 2.13. The lowest BCUT2D eigenvalue weighted by molar-refractivity contribution is -0.125. The van der Waals surface area contributed by atoms with Crippen molar-refractivity contribution in [2.45, 2.75) is 26.4 Å². The van der Waals surface area contributed by atoms with Gasteiger partial charge in [-0.1, -0.05) is 13.0 Å². The summed E-state index contributed by atoms with van der Waals surface area (Å²) in [4.78, 5) is 18.5. The van der Waals surface area contributed by atoms with E-state index in [9.17, 15) is 4.79 Å². The predicted molar refractivity (Wildman–Crippen MR) is 96.4 cm³/mol. The maximum Gasteiger partial charge on any atom is 0.224 e. The van der Waals surface area contributed by atoms with Crippen LogP contribution in [0.1, 0.15) is 19.4 Å².